The Kier molecular flexibility index (Phi) is 7.04. The van der Waals surface area contributed by atoms with Gasteiger partial charge in [0.15, 0.2) is 0 Å². The van der Waals surface area contributed by atoms with Crippen molar-refractivity contribution in [3.8, 4) is 5.75 Å². The van der Waals surface area contributed by atoms with Gasteiger partial charge in [-0.15, -0.1) is 0 Å². The van der Waals surface area contributed by atoms with Gasteiger partial charge in [0, 0.05) is 11.1 Å². The predicted molar refractivity (Wildman–Crippen MR) is 74.9 cm³/mol. The number of aliphatic hydroxyl groups excluding tert-OH is 2. The third-order valence-corrected chi connectivity index (χ3v) is 3.07. The molecule has 5 heteroatoms. The van der Waals surface area contributed by atoms with Crippen LogP contribution < -0.4 is 4.74 Å². The van der Waals surface area contributed by atoms with Crippen LogP contribution in [0.25, 0.3) is 0 Å². The summed E-state index contributed by atoms with van der Waals surface area (Å²) in [7, 11) is 0. The van der Waals surface area contributed by atoms with Crippen LogP contribution in [-0.2, 0) is 13.2 Å². The van der Waals surface area contributed by atoms with E-state index in [-0.39, 0.29) is 18.8 Å². The summed E-state index contributed by atoms with van der Waals surface area (Å²) in [5, 5.41) is 27.6. The normalized spacial score (nSPS) is 10.6. The van der Waals surface area contributed by atoms with Crippen molar-refractivity contribution >= 4 is 5.97 Å². The monoisotopic (exact) mass is 282 g/mol. The van der Waals surface area contributed by atoms with Gasteiger partial charge < -0.3 is 20.1 Å². The van der Waals surface area contributed by atoms with Crippen molar-refractivity contribution in [3.05, 3.63) is 28.8 Å². The standard InChI is InChI=1S/C15H22O5/c1-2-3-4-5-6-20-14-12(9-16)7-11(15(18)19)8-13(14)10-17/h7-8,16-17H,2-6,9-10H2,1H3,(H,18,19). The van der Waals surface area contributed by atoms with Crippen LogP contribution in [0.4, 0.5) is 0 Å². The average Bonchev–Trinajstić information content (AvgIpc) is 2.46. The van der Waals surface area contributed by atoms with Gasteiger partial charge >= 0.3 is 5.97 Å². The quantitative estimate of drug-likeness (QED) is 0.605. The van der Waals surface area contributed by atoms with Crippen LogP contribution >= 0.6 is 0 Å². The maximum atomic E-state index is 11.0. The molecule has 5 nitrogen and oxygen atoms in total. The maximum Gasteiger partial charge on any atom is 0.335 e. The molecule has 0 fully saturated rings. The number of hydrogen-bond acceptors (Lipinski definition) is 4. The van der Waals surface area contributed by atoms with Gasteiger partial charge in [-0.25, -0.2) is 4.79 Å². The zero-order chi connectivity index (χ0) is 15.0. The van der Waals surface area contributed by atoms with Crippen molar-refractivity contribution in [3.63, 3.8) is 0 Å². The summed E-state index contributed by atoms with van der Waals surface area (Å²) in [5.41, 5.74) is 0.824. The summed E-state index contributed by atoms with van der Waals surface area (Å²) in [6, 6.07) is 2.76. The molecule has 0 aromatic heterocycles. The smallest absolute Gasteiger partial charge is 0.335 e. The zero-order valence-electron chi connectivity index (χ0n) is 11.8. The molecule has 0 atom stereocenters. The van der Waals surface area contributed by atoms with Crippen molar-refractivity contribution in [1.29, 1.82) is 0 Å². The zero-order valence-corrected chi connectivity index (χ0v) is 11.8. The Labute approximate surface area is 118 Å². The number of aromatic carboxylic acids is 1. The number of rotatable bonds is 9. The topological polar surface area (TPSA) is 87.0 Å². The Morgan fingerprint density at radius 1 is 1.10 bits per heavy atom. The Morgan fingerprint density at radius 3 is 2.15 bits per heavy atom. The van der Waals surface area contributed by atoms with E-state index in [4.69, 9.17) is 9.84 Å². The van der Waals surface area contributed by atoms with Crippen molar-refractivity contribution in [2.24, 2.45) is 0 Å². The molecule has 1 rings (SSSR count). The van der Waals surface area contributed by atoms with Crippen LogP contribution in [-0.4, -0.2) is 27.9 Å². The van der Waals surface area contributed by atoms with Gasteiger partial charge in [-0.05, 0) is 18.6 Å². The van der Waals surface area contributed by atoms with Gasteiger partial charge in [0.2, 0.25) is 0 Å². The summed E-state index contributed by atoms with van der Waals surface area (Å²) >= 11 is 0. The van der Waals surface area contributed by atoms with E-state index in [9.17, 15) is 15.0 Å². The minimum atomic E-state index is -1.09. The molecular weight excluding hydrogens is 260 g/mol. The molecule has 1 aromatic carbocycles. The lowest BCUT2D eigenvalue weighted by Gasteiger charge is -2.15. The molecule has 0 amide bonds. The molecule has 112 valence electrons. The van der Waals surface area contributed by atoms with Crippen LogP contribution in [0.1, 0.15) is 54.1 Å². The SMILES string of the molecule is CCCCCCOc1c(CO)cc(C(=O)O)cc1CO. The van der Waals surface area contributed by atoms with E-state index in [1.54, 1.807) is 0 Å². The molecule has 0 aliphatic heterocycles. The van der Waals surface area contributed by atoms with Crippen molar-refractivity contribution in [1.82, 2.24) is 0 Å². The second-order valence-electron chi connectivity index (χ2n) is 4.65. The van der Waals surface area contributed by atoms with Crippen LogP contribution in [0, 0.1) is 0 Å². The molecule has 0 unspecified atom stereocenters. The van der Waals surface area contributed by atoms with Gasteiger partial charge in [0.1, 0.15) is 5.75 Å². The largest absolute Gasteiger partial charge is 0.493 e. The molecule has 3 N–H and O–H groups in total. The van der Waals surface area contributed by atoms with E-state index in [0.29, 0.717) is 23.5 Å². The van der Waals surface area contributed by atoms with Crippen molar-refractivity contribution in [2.75, 3.05) is 6.61 Å². The summed E-state index contributed by atoms with van der Waals surface area (Å²) < 4.78 is 5.62. The highest BCUT2D eigenvalue weighted by Gasteiger charge is 2.14. The highest BCUT2D eigenvalue weighted by atomic mass is 16.5. The molecule has 0 aliphatic rings. The molecule has 0 bridgehead atoms. The lowest BCUT2D eigenvalue weighted by atomic mass is 10.0. The van der Waals surface area contributed by atoms with Crippen LogP contribution in [0.2, 0.25) is 0 Å². The molecule has 1 aromatic rings. The Bertz CT molecular complexity index is 417. The van der Waals surface area contributed by atoms with E-state index in [0.717, 1.165) is 25.7 Å². The Balaban J connectivity index is 2.84. The van der Waals surface area contributed by atoms with Gasteiger partial charge in [0.05, 0.1) is 25.4 Å². The Hall–Kier alpha value is -1.59. The minimum absolute atomic E-state index is 0.0384. The molecular formula is C15H22O5. The van der Waals surface area contributed by atoms with E-state index < -0.39 is 5.97 Å². The fourth-order valence-corrected chi connectivity index (χ4v) is 2.00. The van der Waals surface area contributed by atoms with E-state index in [1.165, 1.54) is 12.1 Å². The summed E-state index contributed by atoms with van der Waals surface area (Å²) in [4.78, 5) is 11.0. The molecule has 0 saturated carbocycles. The fourth-order valence-electron chi connectivity index (χ4n) is 2.00. The summed E-state index contributed by atoms with van der Waals surface area (Å²) in [6.07, 6.45) is 4.23. The number of carboxylic acids is 1. The first-order valence-corrected chi connectivity index (χ1v) is 6.87. The highest BCUT2D eigenvalue weighted by molar-refractivity contribution is 5.88. The molecule has 0 saturated heterocycles. The molecule has 0 radical (unpaired) electrons. The van der Waals surface area contributed by atoms with Crippen molar-refractivity contribution < 1.29 is 24.9 Å². The number of carbonyl (C=O) groups is 1. The van der Waals surface area contributed by atoms with Crippen LogP contribution in [0.3, 0.4) is 0 Å². The molecule has 20 heavy (non-hydrogen) atoms. The minimum Gasteiger partial charge on any atom is -0.493 e. The first-order chi connectivity index (χ1) is 9.63. The first-order valence-electron chi connectivity index (χ1n) is 6.87. The predicted octanol–water partition coefficient (Wildman–Crippen LogP) is 2.33. The highest BCUT2D eigenvalue weighted by Crippen LogP contribution is 2.27. The lowest BCUT2D eigenvalue weighted by molar-refractivity contribution is 0.0696. The molecule has 0 spiro atoms. The summed E-state index contributed by atoms with van der Waals surface area (Å²) in [6.45, 7) is 1.97. The third kappa shape index (κ3) is 4.51. The maximum absolute atomic E-state index is 11.0. The Morgan fingerprint density at radius 2 is 1.70 bits per heavy atom. The molecule has 0 aliphatic carbocycles. The third-order valence-electron chi connectivity index (χ3n) is 3.07. The lowest BCUT2D eigenvalue weighted by Crippen LogP contribution is -2.07. The van der Waals surface area contributed by atoms with E-state index in [1.807, 2.05) is 0 Å². The fraction of sp³-hybridized carbons (Fsp3) is 0.533. The first kappa shape index (κ1) is 16.5. The number of carboxylic acid groups (broad SMARTS) is 1. The summed E-state index contributed by atoms with van der Waals surface area (Å²) in [5.74, 6) is -0.694. The molecule has 0 heterocycles. The number of benzene rings is 1. The van der Waals surface area contributed by atoms with Crippen LogP contribution in [0.15, 0.2) is 12.1 Å². The van der Waals surface area contributed by atoms with Gasteiger partial charge in [-0.2, -0.15) is 0 Å². The number of unbranched alkanes of at least 4 members (excludes halogenated alkanes) is 3. The van der Waals surface area contributed by atoms with Gasteiger partial charge in [-0.3, -0.25) is 0 Å². The number of aliphatic hydroxyl groups is 2. The second kappa shape index (κ2) is 8.55. The van der Waals surface area contributed by atoms with Crippen molar-refractivity contribution in [2.45, 2.75) is 45.8 Å². The average molecular weight is 282 g/mol. The van der Waals surface area contributed by atoms with E-state index >= 15 is 0 Å². The van der Waals surface area contributed by atoms with E-state index in [2.05, 4.69) is 6.92 Å². The second-order valence-corrected chi connectivity index (χ2v) is 4.65. The number of hydrogen-bond donors (Lipinski definition) is 3. The van der Waals surface area contributed by atoms with Crippen LogP contribution in [0.5, 0.6) is 5.75 Å². The van der Waals surface area contributed by atoms with Gasteiger partial charge in [0.25, 0.3) is 0 Å². The number of ether oxygens (including phenoxy) is 1. The van der Waals surface area contributed by atoms with Gasteiger partial charge in [-0.1, -0.05) is 26.2 Å².